The molecule has 110 valence electrons. The van der Waals surface area contributed by atoms with Gasteiger partial charge in [0, 0.05) is 29.3 Å². The molecule has 0 aliphatic carbocycles. The molecule has 0 unspecified atom stereocenters. The number of anilines is 1. The highest BCUT2D eigenvalue weighted by atomic mass is 35.5. The second-order valence-electron chi connectivity index (χ2n) is 4.27. The zero-order valence-electron chi connectivity index (χ0n) is 11.2. The number of benzene rings is 2. The molecule has 21 heavy (non-hydrogen) atoms. The van der Waals surface area contributed by atoms with Gasteiger partial charge in [-0.25, -0.2) is 0 Å². The predicted octanol–water partition coefficient (Wildman–Crippen LogP) is 3.57. The highest BCUT2D eigenvalue weighted by Crippen LogP contribution is 2.29. The fourth-order valence-electron chi connectivity index (χ4n) is 1.82. The number of nitrogens with zero attached hydrogens (tertiary/aromatic N) is 1. The van der Waals surface area contributed by atoms with E-state index in [1.807, 2.05) is 0 Å². The summed E-state index contributed by atoms with van der Waals surface area (Å²) in [6.45, 7) is 0.219. The molecular weight excluding hydrogens is 296 g/mol. The van der Waals surface area contributed by atoms with Crippen LogP contribution in [0.25, 0.3) is 0 Å². The molecule has 0 aliphatic heterocycles. The number of methoxy groups -OCH3 is 1. The summed E-state index contributed by atoms with van der Waals surface area (Å²) in [5, 5.41) is 24.1. The molecule has 0 amide bonds. The van der Waals surface area contributed by atoms with E-state index < -0.39 is 4.92 Å². The minimum absolute atomic E-state index is 0.0477. The lowest BCUT2D eigenvalue weighted by Crippen LogP contribution is -2.03. The molecule has 2 rings (SSSR count). The smallest absolute Gasteiger partial charge is 0.292 e. The van der Waals surface area contributed by atoms with Crippen LogP contribution in [0.2, 0.25) is 5.02 Å². The second-order valence-corrected chi connectivity index (χ2v) is 4.70. The van der Waals surface area contributed by atoms with Crippen molar-refractivity contribution in [1.29, 1.82) is 0 Å². The van der Waals surface area contributed by atoms with Crippen molar-refractivity contribution < 1.29 is 14.8 Å². The number of hydrogen-bond acceptors (Lipinski definition) is 5. The molecule has 6 nitrogen and oxygen atoms in total. The number of hydrogen-bond donors (Lipinski definition) is 2. The molecule has 0 heterocycles. The van der Waals surface area contributed by atoms with Crippen molar-refractivity contribution in [3.8, 4) is 11.5 Å². The Bertz CT molecular complexity index is 676. The Morgan fingerprint density at radius 1 is 1.33 bits per heavy atom. The van der Waals surface area contributed by atoms with Crippen molar-refractivity contribution in [2.24, 2.45) is 0 Å². The van der Waals surface area contributed by atoms with E-state index in [1.54, 1.807) is 12.1 Å². The largest absolute Gasteiger partial charge is 0.507 e. The van der Waals surface area contributed by atoms with E-state index in [1.165, 1.54) is 31.4 Å². The van der Waals surface area contributed by atoms with Crippen LogP contribution >= 0.6 is 11.6 Å². The summed E-state index contributed by atoms with van der Waals surface area (Å²) in [6.07, 6.45) is 0. The standard InChI is InChI=1S/C14H13ClN2O4/c1-21-11-4-2-9(14(18)7-11)8-16-12-6-10(15)3-5-13(12)17(19)20/h2-7,16,18H,8H2,1H3. The highest BCUT2D eigenvalue weighted by molar-refractivity contribution is 6.31. The number of phenolic OH excluding ortho intramolecular Hbond substituents is 1. The molecule has 0 bridgehead atoms. The maximum Gasteiger partial charge on any atom is 0.292 e. The van der Waals surface area contributed by atoms with Crippen LogP contribution in [0.5, 0.6) is 11.5 Å². The number of nitro groups is 1. The molecule has 2 aromatic rings. The number of rotatable bonds is 5. The Morgan fingerprint density at radius 2 is 2.10 bits per heavy atom. The van der Waals surface area contributed by atoms with Crippen LogP contribution in [0.3, 0.4) is 0 Å². The van der Waals surface area contributed by atoms with E-state index in [0.29, 0.717) is 22.0 Å². The van der Waals surface area contributed by atoms with Crippen LogP contribution < -0.4 is 10.1 Å². The van der Waals surface area contributed by atoms with Gasteiger partial charge in [-0.1, -0.05) is 11.6 Å². The Labute approximate surface area is 126 Å². The monoisotopic (exact) mass is 308 g/mol. The first-order chi connectivity index (χ1) is 10.0. The molecule has 2 aromatic carbocycles. The van der Waals surface area contributed by atoms with Crippen LogP contribution in [0.15, 0.2) is 36.4 Å². The third kappa shape index (κ3) is 3.55. The molecule has 0 spiro atoms. The van der Waals surface area contributed by atoms with E-state index in [0.717, 1.165) is 0 Å². The fourth-order valence-corrected chi connectivity index (χ4v) is 1.99. The second kappa shape index (κ2) is 6.32. The average Bonchev–Trinajstić information content (AvgIpc) is 2.45. The summed E-state index contributed by atoms with van der Waals surface area (Å²) in [5.74, 6) is 0.580. The van der Waals surface area contributed by atoms with Crippen molar-refractivity contribution in [3.05, 3.63) is 57.1 Å². The number of aromatic hydroxyl groups is 1. The summed E-state index contributed by atoms with van der Waals surface area (Å²) < 4.78 is 4.99. The number of nitrogens with one attached hydrogen (secondary N) is 1. The van der Waals surface area contributed by atoms with Gasteiger partial charge in [-0.05, 0) is 24.3 Å². The van der Waals surface area contributed by atoms with Crippen molar-refractivity contribution in [1.82, 2.24) is 0 Å². The van der Waals surface area contributed by atoms with E-state index in [4.69, 9.17) is 16.3 Å². The minimum atomic E-state index is -0.494. The van der Waals surface area contributed by atoms with Crippen LogP contribution in [0.1, 0.15) is 5.56 Å². The van der Waals surface area contributed by atoms with Gasteiger partial charge in [0.1, 0.15) is 17.2 Å². The van der Waals surface area contributed by atoms with E-state index in [-0.39, 0.29) is 18.0 Å². The lowest BCUT2D eigenvalue weighted by atomic mass is 10.2. The molecule has 0 radical (unpaired) electrons. The Kier molecular flexibility index (Phi) is 4.49. The molecule has 7 heteroatoms. The average molecular weight is 309 g/mol. The third-order valence-electron chi connectivity index (χ3n) is 2.92. The maximum atomic E-state index is 11.0. The molecule has 2 N–H and O–H groups in total. The predicted molar refractivity (Wildman–Crippen MR) is 80.1 cm³/mol. The summed E-state index contributed by atoms with van der Waals surface area (Å²) in [5.41, 5.74) is 0.806. The first-order valence-electron chi connectivity index (χ1n) is 6.05. The summed E-state index contributed by atoms with van der Waals surface area (Å²) in [7, 11) is 1.50. The lowest BCUT2D eigenvalue weighted by molar-refractivity contribution is -0.384. The van der Waals surface area contributed by atoms with Crippen molar-refractivity contribution in [2.75, 3.05) is 12.4 Å². The van der Waals surface area contributed by atoms with Gasteiger partial charge in [0.25, 0.3) is 5.69 Å². The molecule has 0 aromatic heterocycles. The normalized spacial score (nSPS) is 10.2. The maximum absolute atomic E-state index is 11.0. The lowest BCUT2D eigenvalue weighted by Gasteiger charge is -2.10. The van der Waals surface area contributed by atoms with Gasteiger partial charge in [0.15, 0.2) is 0 Å². The van der Waals surface area contributed by atoms with Gasteiger partial charge < -0.3 is 15.2 Å². The summed E-state index contributed by atoms with van der Waals surface area (Å²) in [6, 6.07) is 9.11. The van der Waals surface area contributed by atoms with Gasteiger partial charge in [0.2, 0.25) is 0 Å². The number of halogens is 1. The number of phenols is 1. The van der Waals surface area contributed by atoms with Gasteiger partial charge in [-0.15, -0.1) is 0 Å². The van der Waals surface area contributed by atoms with E-state index in [9.17, 15) is 15.2 Å². The van der Waals surface area contributed by atoms with Crippen LogP contribution in [-0.4, -0.2) is 17.1 Å². The van der Waals surface area contributed by atoms with Gasteiger partial charge >= 0.3 is 0 Å². The van der Waals surface area contributed by atoms with Crippen LogP contribution in [0, 0.1) is 10.1 Å². The first kappa shape index (κ1) is 14.9. The fraction of sp³-hybridized carbons (Fsp3) is 0.143. The van der Waals surface area contributed by atoms with Crippen molar-refractivity contribution in [3.63, 3.8) is 0 Å². The van der Waals surface area contributed by atoms with Crippen LogP contribution in [-0.2, 0) is 6.54 Å². The van der Waals surface area contributed by atoms with Gasteiger partial charge in [0.05, 0.1) is 12.0 Å². The Morgan fingerprint density at radius 3 is 2.71 bits per heavy atom. The summed E-state index contributed by atoms with van der Waals surface area (Å²) >= 11 is 5.85. The molecular formula is C14H13ClN2O4. The quantitative estimate of drug-likeness (QED) is 0.651. The van der Waals surface area contributed by atoms with Gasteiger partial charge in [-0.3, -0.25) is 10.1 Å². The number of nitro benzene ring substituents is 1. The zero-order chi connectivity index (χ0) is 15.4. The topological polar surface area (TPSA) is 84.6 Å². The van der Waals surface area contributed by atoms with Crippen molar-refractivity contribution in [2.45, 2.75) is 6.54 Å². The third-order valence-corrected chi connectivity index (χ3v) is 3.15. The Balaban J connectivity index is 2.20. The van der Waals surface area contributed by atoms with E-state index >= 15 is 0 Å². The summed E-state index contributed by atoms with van der Waals surface area (Å²) in [4.78, 5) is 10.5. The zero-order valence-corrected chi connectivity index (χ0v) is 11.9. The van der Waals surface area contributed by atoms with Crippen LogP contribution in [0.4, 0.5) is 11.4 Å². The number of ether oxygens (including phenoxy) is 1. The van der Waals surface area contributed by atoms with Crippen molar-refractivity contribution >= 4 is 23.0 Å². The highest BCUT2D eigenvalue weighted by Gasteiger charge is 2.14. The molecule has 0 saturated heterocycles. The molecule has 0 aliphatic rings. The SMILES string of the molecule is COc1ccc(CNc2cc(Cl)ccc2[N+](=O)[O-])c(O)c1. The molecule has 0 atom stereocenters. The molecule has 0 fully saturated rings. The Hall–Kier alpha value is -2.47. The van der Waals surface area contributed by atoms with Gasteiger partial charge in [-0.2, -0.15) is 0 Å². The minimum Gasteiger partial charge on any atom is -0.507 e. The first-order valence-corrected chi connectivity index (χ1v) is 6.42. The van der Waals surface area contributed by atoms with E-state index in [2.05, 4.69) is 5.32 Å². The molecule has 0 saturated carbocycles.